The first kappa shape index (κ1) is 79.1. The summed E-state index contributed by atoms with van der Waals surface area (Å²) in [5.74, 6) is -0.869. The van der Waals surface area contributed by atoms with E-state index in [4.69, 9.17) is 14.2 Å². The number of allylic oxidation sites excluding steroid dienone is 18. The molecule has 0 aromatic heterocycles. The van der Waals surface area contributed by atoms with Crippen LogP contribution in [-0.4, -0.2) is 37.2 Å². The first-order valence-corrected chi connectivity index (χ1v) is 35.4. The molecule has 0 radical (unpaired) electrons. The van der Waals surface area contributed by atoms with Crippen LogP contribution in [0.1, 0.15) is 342 Å². The summed E-state index contributed by atoms with van der Waals surface area (Å²) >= 11 is 0. The highest BCUT2D eigenvalue weighted by molar-refractivity contribution is 5.71. The van der Waals surface area contributed by atoms with Crippen molar-refractivity contribution in [2.45, 2.75) is 348 Å². The number of hydrogen-bond acceptors (Lipinski definition) is 6. The van der Waals surface area contributed by atoms with Gasteiger partial charge < -0.3 is 14.2 Å². The zero-order chi connectivity index (χ0) is 59.9. The number of carbonyl (C=O) groups excluding carboxylic acids is 3. The van der Waals surface area contributed by atoms with Crippen molar-refractivity contribution in [3.05, 3.63) is 109 Å². The minimum Gasteiger partial charge on any atom is -0.462 e. The highest BCUT2D eigenvalue weighted by Crippen LogP contribution is 2.17. The summed E-state index contributed by atoms with van der Waals surface area (Å²) in [4.78, 5) is 38.5. The normalized spacial score (nSPS) is 12.8. The number of unbranched alkanes of at least 4 members (excludes halogenated alkanes) is 35. The third kappa shape index (κ3) is 68.7. The summed E-state index contributed by atoms with van der Waals surface area (Å²) in [5, 5.41) is 0. The standard InChI is InChI=1S/C77H132O6/c1-4-7-10-13-16-19-22-25-28-30-32-34-36-38-40-42-44-46-49-52-55-58-61-64-67-70-76(79)82-73-74(72-81-75(78)69-66-63-60-57-54-51-48-27-24-21-18-15-12-9-6-3)83-77(80)71-68-65-62-59-56-53-50-47-45-43-41-39-37-35-33-31-29-26-23-20-17-14-11-8-5-2/h7-8,10-11,16-17,19-20,25-26,28-29,32-35,38,40,74H,4-6,9,12-15,18,21-24,27,30-31,36-37,39,41-73H2,1-3H3/b10-7-,11-8-,19-16-,20-17-,28-25-,29-26-,34-32-,35-33-,40-38-. The van der Waals surface area contributed by atoms with Crippen molar-refractivity contribution in [1.29, 1.82) is 0 Å². The Morgan fingerprint density at radius 3 is 0.735 bits per heavy atom. The van der Waals surface area contributed by atoms with Gasteiger partial charge in [0.05, 0.1) is 0 Å². The van der Waals surface area contributed by atoms with E-state index in [0.29, 0.717) is 19.3 Å². The molecule has 0 aliphatic rings. The maximum atomic E-state index is 13.0. The predicted octanol–water partition coefficient (Wildman–Crippen LogP) is 24.6. The van der Waals surface area contributed by atoms with Gasteiger partial charge in [-0.2, -0.15) is 0 Å². The fourth-order valence-electron chi connectivity index (χ4n) is 10.1. The molecule has 0 aromatic rings. The van der Waals surface area contributed by atoms with Gasteiger partial charge in [-0.15, -0.1) is 0 Å². The number of carbonyl (C=O) groups is 3. The van der Waals surface area contributed by atoms with Crippen LogP contribution >= 0.6 is 0 Å². The van der Waals surface area contributed by atoms with Gasteiger partial charge in [0, 0.05) is 19.3 Å². The minimum atomic E-state index is -0.783. The summed E-state index contributed by atoms with van der Waals surface area (Å²) in [5.41, 5.74) is 0. The Morgan fingerprint density at radius 1 is 0.253 bits per heavy atom. The molecule has 1 atom stereocenters. The molecule has 0 fully saturated rings. The molecule has 0 aliphatic carbocycles. The van der Waals surface area contributed by atoms with Crippen molar-refractivity contribution in [3.63, 3.8) is 0 Å². The van der Waals surface area contributed by atoms with Gasteiger partial charge in [-0.25, -0.2) is 0 Å². The second kappa shape index (κ2) is 70.6. The van der Waals surface area contributed by atoms with Crippen LogP contribution in [0, 0.1) is 0 Å². The molecule has 0 rings (SSSR count). The van der Waals surface area contributed by atoms with Gasteiger partial charge in [-0.1, -0.05) is 329 Å². The zero-order valence-corrected chi connectivity index (χ0v) is 54.7. The van der Waals surface area contributed by atoms with Gasteiger partial charge in [-0.3, -0.25) is 14.4 Å². The van der Waals surface area contributed by atoms with E-state index in [1.54, 1.807) is 0 Å². The Labute approximate surface area is 514 Å². The topological polar surface area (TPSA) is 78.9 Å². The first-order valence-electron chi connectivity index (χ1n) is 35.4. The fourth-order valence-corrected chi connectivity index (χ4v) is 10.1. The minimum absolute atomic E-state index is 0.0774. The molecule has 476 valence electrons. The Bertz CT molecular complexity index is 1660. The molecular weight excluding hydrogens is 1020 g/mol. The smallest absolute Gasteiger partial charge is 0.306 e. The molecule has 0 bridgehead atoms. The largest absolute Gasteiger partial charge is 0.462 e. The van der Waals surface area contributed by atoms with E-state index < -0.39 is 6.10 Å². The lowest BCUT2D eigenvalue weighted by Gasteiger charge is -2.18. The molecule has 6 heteroatoms. The molecule has 83 heavy (non-hydrogen) atoms. The lowest BCUT2D eigenvalue weighted by molar-refractivity contribution is -0.167. The second-order valence-corrected chi connectivity index (χ2v) is 23.4. The van der Waals surface area contributed by atoms with Crippen LogP contribution in [0.25, 0.3) is 0 Å². The van der Waals surface area contributed by atoms with Crippen molar-refractivity contribution in [3.8, 4) is 0 Å². The van der Waals surface area contributed by atoms with Crippen LogP contribution < -0.4 is 0 Å². The van der Waals surface area contributed by atoms with E-state index in [2.05, 4.69) is 130 Å². The maximum absolute atomic E-state index is 13.0. The van der Waals surface area contributed by atoms with Crippen LogP contribution in [0.15, 0.2) is 109 Å². The quantitative estimate of drug-likeness (QED) is 0.0261. The molecule has 0 aromatic carbocycles. The third-order valence-corrected chi connectivity index (χ3v) is 15.3. The molecule has 0 saturated carbocycles. The van der Waals surface area contributed by atoms with Crippen LogP contribution in [0.5, 0.6) is 0 Å². The lowest BCUT2D eigenvalue weighted by Crippen LogP contribution is -2.30. The van der Waals surface area contributed by atoms with E-state index >= 15 is 0 Å². The average molecular weight is 1150 g/mol. The van der Waals surface area contributed by atoms with Crippen molar-refractivity contribution >= 4 is 17.9 Å². The zero-order valence-electron chi connectivity index (χ0n) is 54.7. The monoisotopic (exact) mass is 1150 g/mol. The summed E-state index contributed by atoms with van der Waals surface area (Å²) in [6.45, 7) is 6.45. The van der Waals surface area contributed by atoms with E-state index in [1.807, 2.05) is 0 Å². The van der Waals surface area contributed by atoms with Gasteiger partial charge in [0.2, 0.25) is 0 Å². The average Bonchev–Trinajstić information content (AvgIpc) is 3.49. The third-order valence-electron chi connectivity index (χ3n) is 15.3. The molecular formula is C77H132O6. The Hall–Kier alpha value is -3.93. The van der Waals surface area contributed by atoms with E-state index in [-0.39, 0.29) is 31.1 Å². The maximum Gasteiger partial charge on any atom is 0.306 e. The van der Waals surface area contributed by atoms with Crippen molar-refractivity contribution in [2.75, 3.05) is 13.2 Å². The summed E-state index contributed by atoms with van der Waals surface area (Å²) in [6, 6.07) is 0. The summed E-state index contributed by atoms with van der Waals surface area (Å²) in [6.07, 6.45) is 96.7. The highest BCUT2D eigenvalue weighted by atomic mass is 16.6. The van der Waals surface area contributed by atoms with E-state index in [1.165, 1.54) is 180 Å². The lowest BCUT2D eigenvalue weighted by atomic mass is 10.0. The Morgan fingerprint density at radius 2 is 0.470 bits per heavy atom. The molecule has 0 spiro atoms. The molecule has 0 saturated heterocycles. The SMILES string of the molecule is CC/C=C\C/C=C\C/C=C\C/C=C\C/C=C\CCCCCCCCCCCC(=O)OCC(COC(=O)CCCCCCCCCCCCCCCCC)OC(=O)CCCCCCCCCCCCCC/C=C\C/C=C\C/C=C\C/C=C\CC. The molecule has 1 unspecified atom stereocenters. The van der Waals surface area contributed by atoms with Crippen LogP contribution in [0.2, 0.25) is 0 Å². The van der Waals surface area contributed by atoms with Crippen LogP contribution in [-0.2, 0) is 28.6 Å². The van der Waals surface area contributed by atoms with E-state index in [0.717, 1.165) is 122 Å². The van der Waals surface area contributed by atoms with Crippen molar-refractivity contribution in [2.24, 2.45) is 0 Å². The van der Waals surface area contributed by atoms with Crippen molar-refractivity contribution in [1.82, 2.24) is 0 Å². The Balaban J connectivity index is 4.34. The van der Waals surface area contributed by atoms with Crippen LogP contribution in [0.3, 0.4) is 0 Å². The first-order chi connectivity index (χ1) is 41.0. The number of rotatable bonds is 64. The highest BCUT2D eigenvalue weighted by Gasteiger charge is 2.19. The van der Waals surface area contributed by atoms with E-state index in [9.17, 15) is 14.4 Å². The summed E-state index contributed by atoms with van der Waals surface area (Å²) < 4.78 is 17.0. The van der Waals surface area contributed by atoms with Gasteiger partial charge in [0.25, 0.3) is 0 Å². The number of esters is 3. The molecule has 0 heterocycles. The van der Waals surface area contributed by atoms with Crippen LogP contribution in [0.4, 0.5) is 0 Å². The summed E-state index contributed by atoms with van der Waals surface area (Å²) in [7, 11) is 0. The molecule has 6 nitrogen and oxygen atoms in total. The van der Waals surface area contributed by atoms with Crippen molar-refractivity contribution < 1.29 is 28.6 Å². The Kier molecular flexibility index (Phi) is 67.2. The second-order valence-electron chi connectivity index (χ2n) is 23.4. The predicted molar refractivity (Wildman–Crippen MR) is 362 cm³/mol. The molecule has 0 N–H and O–H groups in total. The van der Waals surface area contributed by atoms with Gasteiger partial charge in [0.15, 0.2) is 6.10 Å². The number of ether oxygens (including phenoxy) is 3. The van der Waals surface area contributed by atoms with Gasteiger partial charge in [0.1, 0.15) is 13.2 Å². The molecule has 0 aliphatic heterocycles. The number of hydrogen-bond donors (Lipinski definition) is 0. The van der Waals surface area contributed by atoms with Gasteiger partial charge in [-0.05, 0) is 103 Å². The molecule has 0 amide bonds. The van der Waals surface area contributed by atoms with Gasteiger partial charge >= 0.3 is 17.9 Å². The fraction of sp³-hybridized carbons (Fsp3) is 0.727.